The van der Waals surface area contributed by atoms with E-state index in [1.54, 1.807) is 0 Å². The molecule has 65 heavy (non-hydrogen) atoms. The third-order valence-corrected chi connectivity index (χ3v) is 14.1. The zero-order valence-electron chi connectivity index (χ0n) is 44.3. The molecule has 1 rings (SSSR count). The predicted octanol–water partition coefficient (Wildman–Crippen LogP) is 17.6. The van der Waals surface area contributed by atoms with Crippen molar-refractivity contribution in [3.8, 4) is 0 Å². The lowest BCUT2D eigenvalue weighted by molar-refractivity contribution is -0.146. The predicted molar refractivity (Wildman–Crippen MR) is 280 cm³/mol. The second-order valence-electron chi connectivity index (χ2n) is 20.4. The third kappa shape index (κ3) is 38.7. The molecule has 0 aliphatic carbocycles. The van der Waals surface area contributed by atoms with E-state index in [1.807, 2.05) is 12.5 Å². The Morgan fingerprint density at radius 1 is 0.446 bits per heavy atom. The molecule has 2 unspecified atom stereocenters. The van der Waals surface area contributed by atoms with Gasteiger partial charge in [-0.2, -0.15) is 0 Å². The fraction of sp³-hybridized carbons (Fsp3) is 0.914. The number of hydrogen-bond donors (Lipinski definition) is 0. The number of aryl methyl sites for hydroxylation is 1. The van der Waals surface area contributed by atoms with Gasteiger partial charge in [0, 0.05) is 44.4 Å². The second-order valence-corrected chi connectivity index (χ2v) is 20.4. The minimum atomic E-state index is 0.0200. The number of imidazole rings is 1. The number of nitrogens with zero attached hydrogens (tertiary/aromatic N) is 3. The zero-order chi connectivity index (χ0) is 47.1. The Morgan fingerprint density at radius 3 is 1.26 bits per heavy atom. The Labute approximate surface area is 404 Å². The van der Waals surface area contributed by atoms with E-state index in [1.165, 1.54) is 231 Å². The summed E-state index contributed by atoms with van der Waals surface area (Å²) < 4.78 is 13.8. The van der Waals surface area contributed by atoms with Crippen molar-refractivity contribution in [2.24, 2.45) is 11.8 Å². The maximum absolute atomic E-state index is 12.6. The van der Waals surface area contributed by atoms with E-state index in [0.29, 0.717) is 43.9 Å². The number of aromatic nitrogens is 2. The molecule has 0 aliphatic rings. The number of unbranched alkanes of at least 4 members (excludes halogenated alkanes) is 24. The number of rotatable bonds is 51. The maximum Gasteiger partial charge on any atom is 0.305 e. The molecule has 7 nitrogen and oxygen atoms in total. The monoisotopic (exact) mass is 914 g/mol. The van der Waals surface area contributed by atoms with Crippen LogP contribution in [0, 0.1) is 11.8 Å². The SMILES string of the molecule is CCCCCCCCCN(CCCn1ccnc1)C(CCCCCCCCC(=O)OCC(CCCC)CCCCCC)CCCCCCCCC(=O)OCC(CCCC)CCCCCC. The molecule has 0 aliphatic heterocycles. The quantitative estimate of drug-likeness (QED) is 0.0479. The Morgan fingerprint density at radius 2 is 0.815 bits per heavy atom. The van der Waals surface area contributed by atoms with Crippen molar-refractivity contribution in [3.63, 3.8) is 0 Å². The molecule has 1 aromatic rings. The molecule has 0 radical (unpaired) electrons. The van der Waals surface area contributed by atoms with Crippen LogP contribution in [0.25, 0.3) is 0 Å². The van der Waals surface area contributed by atoms with E-state index >= 15 is 0 Å². The standard InChI is InChI=1S/C58H111N3O4/c1-6-11-16-19-24-29-36-48-61(49-37-47-60-50-46-59-53-60)56(42-32-25-20-22-27-34-44-57(62)64-51-54(38-14-9-4)40-30-17-12-7-2)43-33-26-21-23-28-35-45-58(63)65-52-55(39-15-10-5)41-31-18-13-8-3/h46,50,53-56H,6-45,47-49,51-52H2,1-5H3. The summed E-state index contributed by atoms with van der Waals surface area (Å²) in [6.45, 7) is 16.0. The van der Waals surface area contributed by atoms with Gasteiger partial charge in [-0.1, -0.05) is 214 Å². The van der Waals surface area contributed by atoms with Crippen molar-refractivity contribution >= 4 is 11.9 Å². The van der Waals surface area contributed by atoms with Crippen LogP contribution in [-0.2, 0) is 25.6 Å². The van der Waals surface area contributed by atoms with E-state index in [-0.39, 0.29) is 11.9 Å². The summed E-state index contributed by atoms with van der Waals surface area (Å²) >= 11 is 0. The Hall–Kier alpha value is -1.89. The lowest BCUT2D eigenvalue weighted by Crippen LogP contribution is -2.37. The molecule has 0 saturated heterocycles. The lowest BCUT2D eigenvalue weighted by atomic mass is 9.96. The highest BCUT2D eigenvalue weighted by molar-refractivity contribution is 5.69. The van der Waals surface area contributed by atoms with Gasteiger partial charge >= 0.3 is 11.9 Å². The average Bonchev–Trinajstić information content (AvgIpc) is 3.84. The highest BCUT2D eigenvalue weighted by Gasteiger charge is 2.19. The van der Waals surface area contributed by atoms with E-state index in [9.17, 15) is 9.59 Å². The van der Waals surface area contributed by atoms with Crippen molar-refractivity contribution in [2.45, 2.75) is 304 Å². The van der Waals surface area contributed by atoms with Crippen LogP contribution in [0.3, 0.4) is 0 Å². The molecular formula is C58H111N3O4. The third-order valence-electron chi connectivity index (χ3n) is 14.1. The van der Waals surface area contributed by atoms with Crippen LogP contribution in [-0.4, -0.2) is 58.7 Å². The van der Waals surface area contributed by atoms with Crippen LogP contribution in [0.4, 0.5) is 0 Å². The summed E-state index contributed by atoms with van der Waals surface area (Å²) in [6.07, 6.45) is 54.8. The fourth-order valence-corrected chi connectivity index (χ4v) is 9.74. The summed E-state index contributed by atoms with van der Waals surface area (Å²) in [4.78, 5) is 32.4. The van der Waals surface area contributed by atoms with Gasteiger partial charge in [0.2, 0.25) is 0 Å². The average molecular weight is 915 g/mol. The van der Waals surface area contributed by atoms with Gasteiger partial charge in [-0.15, -0.1) is 0 Å². The lowest BCUT2D eigenvalue weighted by Gasteiger charge is -2.32. The number of carbonyl (C=O) groups excluding carboxylic acids is 2. The molecule has 1 heterocycles. The molecule has 0 fully saturated rings. The number of hydrogen-bond acceptors (Lipinski definition) is 6. The summed E-state index contributed by atoms with van der Waals surface area (Å²) in [6, 6.07) is 0.656. The zero-order valence-corrected chi connectivity index (χ0v) is 44.3. The Bertz CT molecular complexity index is 1070. The minimum absolute atomic E-state index is 0.0200. The summed E-state index contributed by atoms with van der Waals surface area (Å²) in [7, 11) is 0. The van der Waals surface area contributed by atoms with E-state index in [4.69, 9.17) is 9.47 Å². The van der Waals surface area contributed by atoms with Crippen molar-refractivity contribution < 1.29 is 19.1 Å². The van der Waals surface area contributed by atoms with Crippen molar-refractivity contribution in [1.29, 1.82) is 0 Å². The van der Waals surface area contributed by atoms with Gasteiger partial charge in [0.05, 0.1) is 19.5 Å². The molecule has 382 valence electrons. The van der Waals surface area contributed by atoms with Crippen LogP contribution in [0.2, 0.25) is 0 Å². The van der Waals surface area contributed by atoms with Crippen molar-refractivity contribution in [3.05, 3.63) is 18.7 Å². The molecular weight excluding hydrogens is 803 g/mol. The molecule has 0 amide bonds. The molecule has 0 aromatic carbocycles. The van der Waals surface area contributed by atoms with Gasteiger partial charge in [0.25, 0.3) is 0 Å². The first-order chi connectivity index (χ1) is 32.0. The second kappa shape index (κ2) is 47.2. The largest absolute Gasteiger partial charge is 0.465 e. The number of esters is 2. The van der Waals surface area contributed by atoms with Gasteiger partial charge in [-0.05, 0) is 82.6 Å². The fourth-order valence-electron chi connectivity index (χ4n) is 9.74. The highest BCUT2D eigenvalue weighted by Crippen LogP contribution is 2.23. The first-order valence-electron chi connectivity index (χ1n) is 29.0. The van der Waals surface area contributed by atoms with Crippen LogP contribution >= 0.6 is 0 Å². The van der Waals surface area contributed by atoms with Crippen LogP contribution in [0.15, 0.2) is 18.7 Å². The van der Waals surface area contributed by atoms with Gasteiger partial charge < -0.3 is 18.9 Å². The minimum Gasteiger partial charge on any atom is -0.465 e. The van der Waals surface area contributed by atoms with Crippen molar-refractivity contribution in [1.82, 2.24) is 14.5 Å². The van der Waals surface area contributed by atoms with E-state index in [2.05, 4.69) is 55.3 Å². The van der Waals surface area contributed by atoms with Crippen LogP contribution in [0.5, 0.6) is 0 Å². The van der Waals surface area contributed by atoms with E-state index < -0.39 is 0 Å². The molecule has 0 N–H and O–H groups in total. The van der Waals surface area contributed by atoms with E-state index in [0.717, 1.165) is 32.2 Å². The molecule has 7 heteroatoms. The summed E-state index contributed by atoms with van der Waals surface area (Å²) in [5, 5.41) is 0. The number of carbonyl (C=O) groups is 2. The molecule has 2 atom stereocenters. The first kappa shape index (κ1) is 61.1. The van der Waals surface area contributed by atoms with Crippen LogP contribution in [0.1, 0.15) is 291 Å². The molecule has 1 aromatic heterocycles. The maximum atomic E-state index is 12.6. The smallest absolute Gasteiger partial charge is 0.305 e. The van der Waals surface area contributed by atoms with Gasteiger partial charge in [0.15, 0.2) is 0 Å². The normalized spacial score (nSPS) is 13.1. The topological polar surface area (TPSA) is 73.7 Å². The van der Waals surface area contributed by atoms with Crippen molar-refractivity contribution in [2.75, 3.05) is 26.3 Å². The summed E-state index contributed by atoms with van der Waals surface area (Å²) in [5.74, 6) is 1.12. The first-order valence-corrected chi connectivity index (χ1v) is 29.0. The van der Waals surface area contributed by atoms with Gasteiger partial charge in [-0.25, -0.2) is 4.98 Å². The van der Waals surface area contributed by atoms with Crippen LogP contribution < -0.4 is 0 Å². The molecule has 0 spiro atoms. The summed E-state index contributed by atoms with van der Waals surface area (Å²) in [5.41, 5.74) is 0. The highest BCUT2D eigenvalue weighted by atomic mass is 16.5. The van der Waals surface area contributed by atoms with Gasteiger partial charge in [0.1, 0.15) is 0 Å². The Kier molecular flexibility index (Phi) is 44.4. The van der Waals surface area contributed by atoms with Gasteiger partial charge in [-0.3, -0.25) is 9.59 Å². The number of ether oxygens (including phenoxy) is 2. The Balaban J connectivity index is 2.57. The molecule has 0 bridgehead atoms. The molecule has 0 saturated carbocycles.